The fourth-order valence-corrected chi connectivity index (χ4v) is 6.13. The van der Waals surface area contributed by atoms with Crippen LogP contribution < -0.4 is 4.74 Å². The third kappa shape index (κ3) is 3.25. The summed E-state index contributed by atoms with van der Waals surface area (Å²) in [5, 5.41) is 3.83. The average Bonchev–Trinajstić information content (AvgIpc) is 3.20. The summed E-state index contributed by atoms with van der Waals surface area (Å²) in [4.78, 5) is 18.1. The van der Waals surface area contributed by atoms with Gasteiger partial charge in [0.1, 0.15) is 5.76 Å². The highest BCUT2D eigenvalue weighted by atomic mass is 16.5. The molecule has 152 valence electrons. The number of aromatic nitrogens is 1. The van der Waals surface area contributed by atoms with Crippen LogP contribution in [0.1, 0.15) is 50.7 Å². The standard InChI is InChI=1S/C22H31N3O3/c1-27-20-13-18(28-23-20)7-8-21(26)25-10-4-5-15-11-16-12-17(22(15)25)14-24-9-3-2-6-19(16)24/h11,13,16-17,19,22H,2-10,12,14H2,1H3/t16-,17?,19?,22?/m0/s1. The molecular weight excluding hydrogens is 354 g/mol. The molecule has 1 aliphatic carbocycles. The zero-order valence-electron chi connectivity index (χ0n) is 16.8. The van der Waals surface area contributed by atoms with E-state index in [1.54, 1.807) is 18.7 Å². The zero-order chi connectivity index (χ0) is 19.1. The van der Waals surface area contributed by atoms with Crippen LogP contribution in [0.15, 0.2) is 22.2 Å². The molecule has 3 fully saturated rings. The number of carbonyl (C=O) groups is 1. The second-order valence-electron chi connectivity index (χ2n) is 8.93. The van der Waals surface area contributed by atoms with E-state index in [9.17, 15) is 4.79 Å². The molecule has 0 saturated carbocycles. The number of rotatable bonds is 4. The molecule has 4 heterocycles. The molecule has 6 heteroatoms. The Kier molecular flexibility index (Phi) is 4.91. The molecule has 0 radical (unpaired) electrons. The lowest BCUT2D eigenvalue weighted by Crippen LogP contribution is -2.60. The fraction of sp³-hybridized carbons (Fsp3) is 0.727. The molecule has 1 aromatic rings. The van der Waals surface area contributed by atoms with E-state index in [4.69, 9.17) is 9.26 Å². The number of fused-ring (bicyclic) bond motifs is 6. The van der Waals surface area contributed by atoms with Gasteiger partial charge in [0.2, 0.25) is 5.91 Å². The minimum absolute atomic E-state index is 0.255. The Bertz CT molecular complexity index is 758. The Labute approximate surface area is 166 Å². The Balaban J connectivity index is 1.30. The third-order valence-electron chi connectivity index (χ3n) is 7.31. The maximum Gasteiger partial charge on any atom is 0.254 e. The maximum absolute atomic E-state index is 13.1. The van der Waals surface area contributed by atoms with Crippen LogP contribution in [0, 0.1) is 11.8 Å². The summed E-state index contributed by atoms with van der Waals surface area (Å²) in [5.41, 5.74) is 1.55. The van der Waals surface area contributed by atoms with Crippen LogP contribution in [0.25, 0.3) is 0 Å². The van der Waals surface area contributed by atoms with Gasteiger partial charge in [-0.25, -0.2) is 0 Å². The van der Waals surface area contributed by atoms with Gasteiger partial charge in [-0.05, 0) is 55.6 Å². The Morgan fingerprint density at radius 2 is 2.25 bits per heavy atom. The third-order valence-corrected chi connectivity index (χ3v) is 7.31. The minimum Gasteiger partial charge on any atom is -0.479 e. The van der Waals surface area contributed by atoms with E-state index in [1.807, 2.05) is 0 Å². The predicted molar refractivity (Wildman–Crippen MR) is 105 cm³/mol. The summed E-state index contributed by atoms with van der Waals surface area (Å²) in [7, 11) is 1.57. The van der Waals surface area contributed by atoms with E-state index in [2.05, 4.69) is 21.0 Å². The van der Waals surface area contributed by atoms with E-state index in [1.165, 1.54) is 45.2 Å². The lowest BCUT2D eigenvalue weighted by Gasteiger charge is -2.54. The number of ether oxygens (including phenoxy) is 1. The number of carbonyl (C=O) groups excluding carboxylic acids is 1. The van der Waals surface area contributed by atoms with Gasteiger partial charge in [0.25, 0.3) is 5.88 Å². The van der Waals surface area contributed by atoms with Gasteiger partial charge in [-0.3, -0.25) is 9.69 Å². The quantitative estimate of drug-likeness (QED) is 0.746. The van der Waals surface area contributed by atoms with Crippen LogP contribution in [0.2, 0.25) is 0 Å². The monoisotopic (exact) mass is 385 g/mol. The molecule has 1 amide bonds. The highest BCUT2D eigenvalue weighted by Gasteiger charge is 2.46. The van der Waals surface area contributed by atoms with E-state index >= 15 is 0 Å². The number of nitrogens with zero attached hydrogens (tertiary/aromatic N) is 3. The van der Waals surface area contributed by atoms with Gasteiger partial charge in [0.15, 0.2) is 0 Å². The molecule has 0 aromatic carbocycles. The van der Waals surface area contributed by atoms with Crippen molar-refractivity contribution in [3.63, 3.8) is 0 Å². The molecule has 1 aromatic heterocycles. The number of hydrogen-bond acceptors (Lipinski definition) is 5. The molecule has 28 heavy (non-hydrogen) atoms. The lowest BCUT2D eigenvalue weighted by molar-refractivity contribution is -0.136. The Morgan fingerprint density at radius 3 is 3.11 bits per heavy atom. The number of aryl methyl sites for hydroxylation is 1. The molecule has 0 spiro atoms. The number of hydrogen-bond donors (Lipinski definition) is 0. The van der Waals surface area contributed by atoms with Gasteiger partial charge in [-0.1, -0.05) is 18.1 Å². The van der Waals surface area contributed by atoms with Crippen LogP contribution in [0.3, 0.4) is 0 Å². The summed E-state index contributed by atoms with van der Waals surface area (Å²) in [6.45, 7) is 3.31. The summed E-state index contributed by atoms with van der Waals surface area (Å²) < 4.78 is 10.3. The highest BCUT2D eigenvalue weighted by Crippen LogP contribution is 2.45. The van der Waals surface area contributed by atoms with Gasteiger partial charge in [0.05, 0.1) is 13.2 Å². The first-order chi connectivity index (χ1) is 13.7. The summed E-state index contributed by atoms with van der Waals surface area (Å²) in [5.74, 6) is 2.76. The molecule has 5 rings (SSSR count). The number of likely N-dealkylation sites (tertiary alicyclic amines) is 1. The van der Waals surface area contributed by atoms with Crippen molar-refractivity contribution in [2.75, 3.05) is 26.7 Å². The van der Waals surface area contributed by atoms with Crippen molar-refractivity contribution in [3.05, 3.63) is 23.5 Å². The van der Waals surface area contributed by atoms with Crippen LogP contribution in [-0.4, -0.2) is 59.7 Å². The van der Waals surface area contributed by atoms with Crippen molar-refractivity contribution in [3.8, 4) is 5.88 Å². The molecule has 2 bridgehead atoms. The van der Waals surface area contributed by atoms with Crippen molar-refractivity contribution < 1.29 is 14.1 Å². The molecule has 4 atom stereocenters. The normalized spacial score (nSPS) is 32.3. The van der Waals surface area contributed by atoms with E-state index in [0.717, 1.165) is 24.8 Å². The average molecular weight is 386 g/mol. The summed E-state index contributed by atoms with van der Waals surface area (Å²) in [6, 6.07) is 2.85. The SMILES string of the molecule is COc1cc(CCC(=O)N2CCCC3=C[C@H]4CC(CN5CCCCC45)C32)on1. The molecule has 3 saturated heterocycles. The van der Waals surface area contributed by atoms with Crippen molar-refractivity contribution in [1.82, 2.24) is 15.0 Å². The Morgan fingerprint density at radius 1 is 1.32 bits per heavy atom. The van der Waals surface area contributed by atoms with Crippen molar-refractivity contribution >= 4 is 5.91 Å². The van der Waals surface area contributed by atoms with Crippen LogP contribution in [0.5, 0.6) is 5.88 Å². The molecule has 3 aliphatic heterocycles. The van der Waals surface area contributed by atoms with Crippen molar-refractivity contribution in [2.45, 2.75) is 63.5 Å². The van der Waals surface area contributed by atoms with Gasteiger partial charge in [-0.2, -0.15) is 0 Å². The molecule has 3 unspecified atom stereocenters. The molecule has 6 nitrogen and oxygen atoms in total. The van der Waals surface area contributed by atoms with Gasteiger partial charge < -0.3 is 14.2 Å². The first-order valence-electron chi connectivity index (χ1n) is 11.0. The smallest absolute Gasteiger partial charge is 0.254 e. The summed E-state index contributed by atoms with van der Waals surface area (Å²) in [6.07, 6.45) is 11.2. The van der Waals surface area contributed by atoms with Gasteiger partial charge in [-0.15, -0.1) is 0 Å². The molecule has 4 aliphatic rings. The predicted octanol–water partition coefficient (Wildman–Crippen LogP) is 3.04. The van der Waals surface area contributed by atoms with Gasteiger partial charge in [0, 0.05) is 38.0 Å². The van der Waals surface area contributed by atoms with E-state index < -0.39 is 0 Å². The second-order valence-corrected chi connectivity index (χ2v) is 8.93. The largest absolute Gasteiger partial charge is 0.479 e. The number of methoxy groups -OCH3 is 1. The molecule has 0 N–H and O–H groups in total. The van der Waals surface area contributed by atoms with E-state index in [-0.39, 0.29) is 5.91 Å². The first kappa shape index (κ1) is 18.2. The maximum atomic E-state index is 13.1. The zero-order valence-corrected chi connectivity index (χ0v) is 16.8. The van der Waals surface area contributed by atoms with Crippen molar-refractivity contribution in [1.29, 1.82) is 0 Å². The van der Waals surface area contributed by atoms with Crippen LogP contribution >= 0.6 is 0 Å². The van der Waals surface area contributed by atoms with Crippen LogP contribution in [-0.2, 0) is 11.2 Å². The molecular formula is C22H31N3O3. The van der Waals surface area contributed by atoms with Crippen molar-refractivity contribution in [2.24, 2.45) is 11.8 Å². The first-order valence-corrected chi connectivity index (χ1v) is 11.0. The van der Waals surface area contributed by atoms with Gasteiger partial charge >= 0.3 is 0 Å². The lowest BCUT2D eigenvalue weighted by atomic mass is 9.68. The fourth-order valence-electron chi connectivity index (χ4n) is 6.13. The Hall–Kier alpha value is -1.82. The second kappa shape index (κ2) is 7.54. The minimum atomic E-state index is 0.255. The number of amides is 1. The summed E-state index contributed by atoms with van der Waals surface area (Å²) >= 11 is 0. The van der Waals surface area contributed by atoms with Crippen LogP contribution in [0.4, 0.5) is 0 Å². The topological polar surface area (TPSA) is 58.8 Å². The highest BCUT2D eigenvalue weighted by molar-refractivity contribution is 5.77. The van der Waals surface area contributed by atoms with E-state index in [0.29, 0.717) is 36.6 Å². The number of piperidine rings is 3.